The number of benzene rings is 2. The highest BCUT2D eigenvalue weighted by Gasteiger charge is 2.45. The molecule has 0 bridgehead atoms. The fraction of sp³-hybridized carbons (Fsp3) is 0.462. The van der Waals surface area contributed by atoms with Gasteiger partial charge in [-0.2, -0.15) is 0 Å². The Labute approximate surface area is 202 Å². The van der Waals surface area contributed by atoms with Gasteiger partial charge in [0.15, 0.2) is 0 Å². The summed E-state index contributed by atoms with van der Waals surface area (Å²) < 4.78 is 35.9. The van der Waals surface area contributed by atoms with Crippen LogP contribution in [0.15, 0.2) is 36.4 Å². The standard InChI is InChI=1S/C26H35O7P/c1-18(2)12-8-7-9-17-34(29,25(27)23-19(30-3)13-10-14-20(23)31-4)26(28)24-21(32-5)15-11-16-22(24)33-6/h10-11,13-16,18H,7-9,12,17H2,1-6H3. The van der Waals surface area contributed by atoms with E-state index in [0.717, 1.165) is 19.3 Å². The van der Waals surface area contributed by atoms with Gasteiger partial charge in [0.1, 0.15) is 34.1 Å². The molecule has 0 aromatic heterocycles. The lowest BCUT2D eigenvalue weighted by Gasteiger charge is -2.21. The van der Waals surface area contributed by atoms with E-state index in [-0.39, 0.29) is 40.3 Å². The van der Waals surface area contributed by atoms with Crippen molar-refractivity contribution in [3.8, 4) is 23.0 Å². The van der Waals surface area contributed by atoms with Crippen LogP contribution in [0.3, 0.4) is 0 Å². The summed E-state index contributed by atoms with van der Waals surface area (Å²) in [6.45, 7) is 4.28. The van der Waals surface area contributed by atoms with E-state index in [9.17, 15) is 14.2 Å². The molecule has 0 radical (unpaired) electrons. The molecule has 0 amide bonds. The Bertz CT molecular complexity index is 929. The monoisotopic (exact) mass is 490 g/mol. The van der Waals surface area contributed by atoms with Crippen molar-refractivity contribution in [2.24, 2.45) is 5.92 Å². The van der Waals surface area contributed by atoms with E-state index < -0.39 is 18.2 Å². The number of methoxy groups -OCH3 is 4. The summed E-state index contributed by atoms with van der Waals surface area (Å²) in [5.41, 5.74) is -1.58. The van der Waals surface area contributed by atoms with Gasteiger partial charge in [-0.25, -0.2) is 0 Å². The molecular weight excluding hydrogens is 455 g/mol. The van der Waals surface area contributed by atoms with Crippen LogP contribution in [0.5, 0.6) is 23.0 Å². The highest BCUT2D eigenvalue weighted by Crippen LogP contribution is 2.57. The quantitative estimate of drug-likeness (QED) is 0.227. The Morgan fingerprint density at radius 2 is 1.09 bits per heavy atom. The summed E-state index contributed by atoms with van der Waals surface area (Å²) in [6, 6.07) is 9.65. The second-order valence-corrected chi connectivity index (χ2v) is 11.1. The fourth-order valence-corrected chi connectivity index (χ4v) is 6.27. The van der Waals surface area contributed by atoms with E-state index in [4.69, 9.17) is 18.9 Å². The molecular formula is C26H35O7P. The zero-order chi connectivity index (χ0) is 25.3. The molecule has 0 saturated heterocycles. The van der Waals surface area contributed by atoms with E-state index in [1.807, 2.05) is 0 Å². The molecule has 0 aliphatic rings. The van der Waals surface area contributed by atoms with Gasteiger partial charge in [-0.3, -0.25) is 9.59 Å². The summed E-state index contributed by atoms with van der Waals surface area (Å²) in [5, 5.41) is 0. The third-order valence-electron chi connectivity index (χ3n) is 5.69. The third-order valence-corrected chi connectivity index (χ3v) is 8.40. The summed E-state index contributed by atoms with van der Waals surface area (Å²) >= 11 is 0. The Morgan fingerprint density at radius 3 is 1.41 bits per heavy atom. The maximum absolute atomic E-state index is 14.5. The lowest BCUT2D eigenvalue weighted by molar-refractivity contribution is 0.103. The predicted octanol–water partition coefficient (Wildman–Crippen LogP) is 6.28. The normalized spacial score (nSPS) is 11.3. The minimum atomic E-state index is -4.17. The number of carbonyl (C=O) groups excluding carboxylic acids is 2. The number of unbranched alkanes of at least 4 members (excludes halogenated alkanes) is 2. The Kier molecular flexibility index (Phi) is 10.2. The van der Waals surface area contributed by atoms with Crippen molar-refractivity contribution in [2.75, 3.05) is 34.6 Å². The van der Waals surface area contributed by atoms with Crippen molar-refractivity contribution in [3.05, 3.63) is 47.5 Å². The molecule has 0 saturated carbocycles. The molecule has 186 valence electrons. The lowest BCUT2D eigenvalue weighted by Crippen LogP contribution is -2.17. The van der Waals surface area contributed by atoms with Crippen LogP contribution in [0.4, 0.5) is 0 Å². The van der Waals surface area contributed by atoms with Crippen LogP contribution in [0.2, 0.25) is 0 Å². The van der Waals surface area contributed by atoms with Crippen LogP contribution in [0, 0.1) is 5.92 Å². The average molecular weight is 491 g/mol. The minimum Gasteiger partial charge on any atom is -0.496 e. The van der Waals surface area contributed by atoms with Gasteiger partial charge in [-0.1, -0.05) is 45.2 Å². The first-order valence-electron chi connectivity index (χ1n) is 11.4. The Balaban J connectivity index is 2.60. The van der Waals surface area contributed by atoms with E-state index >= 15 is 0 Å². The number of hydrogen-bond donors (Lipinski definition) is 0. The maximum Gasteiger partial charge on any atom is 0.236 e. The van der Waals surface area contributed by atoms with E-state index in [1.54, 1.807) is 36.4 Å². The number of ether oxygens (including phenoxy) is 4. The molecule has 34 heavy (non-hydrogen) atoms. The van der Waals surface area contributed by atoms with Crippen molar-refractivity contribution in [1.29, 1.82) is 0 Å². The maximum atomic E-state index is 14.5. The minimum absolute atomic E-state index is 0.000212. The Morgan fingerprint density at radius 1 is 0.706 bits per heavy atom. The predicted molar refractivity (Wildman–Crippen MR) is 134 cm³/mol. The molecule has 0 aliphatic heterocycles. The van der Waals surface area contributed by atoms with Crippen molar-refractivity contribution < 1.29 is 33.1 Å². The molecule has 8 heteroatoms. The fourth-order valence-electron chi connectivity index (χ4n) is 3.84. The molecule has 0 atom stereocenters. The third kappa shape index (κ3) is 6.01. The van der Waals surface area contributed by atoms with Crippen molar-refractivity contribution >= 4 is 18.2 Å². The molecule has 2 aromatic carbocycles. The molecule has 0 fully saturated rings. The zero-order valence-corrected chi connectivity index (χ0v) is 21.8. The van der Waals surface area contributed by atoms with Gasteiger partial charge < -0.3 is 23.5 Å². The summed E-state index contributed by atoms with van der Waals surface area (Å²) in [6.07, 6.45) is 3.11. The molecule has 0 N–H and O–H groups in total. The van der Waals surface area contributed by atoms with Gasteiger partial charge in [-0.05, 0) is 36.6 Å². The molecule has 0 heterocycles. The molecule has 2 aromatic rings. The van der Waals surface area contributed by atoms with Crippen LogP contribution in [0.25, 0.3) is 0 Å². The number of hydrogen-bond acceptors (Lipinski definition) is 7. The van der Waals surface area contributed by atoms with Crippen LogP contribution in [0.1, 0.15) is 60.2 Å². The number of rotatable bonds is 14. The topological polar surface area (TPSA) is 88.1 Å². The molecule has 0 spiro atoms. The first-order valence-corrected chi connectivity index (χ1v) is 13.2. The van der Waals surface area contributed by atoms with E-state index in [0.29, 0.717) is 12.3 Å². The second-order valence-electron chi connectivity index (χ2n) is 8.39. The highest BCUT2D eigenvalue weighted by molar-refractivity contribution is 7.95. The molecule has 7 nitrogen and oxygen atoms in total. The molecule has 0 unspecified atom stereocenters. The van der Waals surface area contributed by atoms with Crippen molar-refractivity contribution in [1.82, 2.24) is 0 Å². The van der Waals surface area contributed by atoms with Crippen LogP contribution in [-0.2, 0) is 4.57 Å². The van der Waals surface area contributed by atoms with Gasteiger partial charge in [-0.15, -0.1) is 0 Å². The smallest absolute Gasteiger partial charge is 0.236 e. The van der Waals surface area contributed by atoms with Gasteiger partial charge in [0.25, 0.3) is 0 Å². The Hall–Kier alpha value is -2.79. The second kappa shape index (κ2) is 12.6. The summed E-state index contributed by atoms with van der Waals surface area (Å²) in [7, 11) is 1.47. The van der Waals surface area contributed by atoms with Gasteiger partial charge >= 0.3 is 0 Å². The average Bonchev–Trinajstić information content (AvgIpc) is 2.85. The van der Waals surface area contributed by atoms with E-state index in [1.165, 1.54) is 28.4 Å². The van der Waals surface area contributed by atoms with Gasteiger partial charge in [0, 0.05) is 6.16 Å². The van der Waals surface area contributed by atoms with Crippen LogP contribution in [-0.4, -0.2) is 45.6 Å². The highest BCUT2D eigenvalue weighted by atomic mass is 31.2. The molecule has 0 aliphatic carbocycles. The zero-order valence-electron chi connectivity index (χ0n) is 20.9. The number of carbonyl (C=O) groups is 2. The van der Waals surface area contributed by atoms with Gasteiger partial charge in [0.2, 0.25) is 18.2 Å². The van der Waals surface area contributed by atoms with E-state index in [2.05, 4.69) is 13.8 Å². The largest absolute Gasteiger partial charge is 0.496 e. The molecule has 2 rings (SSSR count). The first-order chi connectivity index (χ1) is 16.2. The summed E-state index contributed by atoms with van der Waals surface area (Å²) in [4.78, 5) is 27.8. The lowest BCUT2D eigenvalue weighted by atomic mass is 10.1. The van der Waals surface area contributed by atoms with Crippen molar-refractivity contribution in [3.63, 3.8) is 0 Å². The van der Waals surface area contributed by atoms with Gasteiger partial charge in [0.05, 0.1) is 28.4 Å². The summed E-state index contributed by atoms with van der Waals surface area (Å²) in [5.74, 6) is 1.34. The van der Waals surface area contributed by atoms with Crippen LogP contribution < -0.4 is 18.9 Å². The van der Waals surface area contributed by atoms with Crippen molar-refractivity contribution in [2.45, 2.75) is 39.5 Å². The van der Waals surface area contributed by atoms with Crippen LogP contribution >= 0.6 is 7.14 Å². The first kappa shape index (κ1) is 27.5. The SMILES string of the molecule is COc1cccc(OC)c1C(=O)P(=O)(CCCCCC(C)C)C(=O)c1c(OC)cccc1OC.